The minimum Gasteiger partial charge on any atom is -0.482 e. The van der Waals surface area contributed by atoms with E-state index in [9.17, 15) is 14.4 Å². The molecule has 0 radical (unpaired) electrons. The van der Waals surface area contributed by atoms with Crippen molar-refractivity contribution in [3.05, 3.63) is 80.5 Å². The maximum atomic E-state index is 12.2. The number of rotatable bonds is 9. The molecule has 0 saturated carbocycles. The van der Waals surface area contributed by atoms with Crippen LogP contribution >= 0.6 is 34.5 Å². The van der Waals surface area contributed by atoms with Crippen LogP contribution in [0.3, 0.4) is 0 Å². The molecule has 1 heterocycles. The molecule has 2 aromatic carbocycles. The zero-order valence-corrected chi connectivity index (χ0v) is 19.0. The fourth-order valence-corrected chi connectivity index (χ4v) is 3.69. The Hall–Kier alpha value is -3.07. The van der Waals surface area contributed by atoms with Crippen LogP contribution in [-0.4, -0.2) is 37.4 Å². The third kappa shape index (κ3) is 6.98. The molecule has 0 unspecified atom stereocenters. The van der Waals surface area contributed by atoms with Crippen molar-refractivity contribution in [3.8, 4) is 5.75 Å². The fourth-order valence-electron chi connectivity index (χ4n) is 2.59. The normalized spacial score (nSPS) is 10.3. The number of hydrogen-bond acceptors (Lipinski definition) is 5. The van der Waals surface area contributed by atoms with Crippen LogP contribution in [0.5, 0.6) is 5.75 Å². The number of carbonyl (C=O) groups is 3. The highest BCUT2D eigenvalue weighted by molar-refractivity contribution is 7.12. The lowest BCUT2D eigenvalue weighted by Crippen LogP contribution is -2.34. The van der Waals surface area contributed by atoms with E-state index < -0.39 is 0 Å². The molecule has 0 atom stereocenters. The number of thiophene rings is 1. The van der Waals surface area contributed by atoms with Crippen molar-refractivity contribution in [2.75, 3.05) is 25.0 Å². The molecular weight excluding hydrogens is 473 g/mol. The summed E-state index contributed by atoms with van der Waals surface area (Å²) >= 11 is 13.2. The number of ether oxygens (including phenoxy) is 1. The highest BCUT2D eigenvalue weighted by Crippen LogP contribution is 2.27. The van der Waals surface area contributed by atoms with E-state index in [-0.39, 0.29) is 24.3 Å². The largest absolute Gasteiger partial charge is 0.482 e. The van der Waals surface area contributed by atoms with Crippen LogP contribution in [0.2, 0.25) is 10.0 Å². The monoisotopic (exact) mass is 491 g/mol. The minimum atomic E-state index is -0.380. The van der Waals surface area contributed by atoms with E-state index in [1.165, 1.54) is 17.4 Å². The number of hydrogen-bond donors (Lipinski definition) is 3. The first-order chi connectivity index (χ1) is 15.4. The molecule has 10 heteroatoms. The average Bonchev–Trinajstić information content (AvgIpc) is 3.31. The van der Waals surface area contributed by atoms with Crippen LogP contribution in [-0.2, 0) is 4.79 Å². The number of nitrogens with one attached hydrogen (secondary N) is 3. The third-order valence-electron chi connectivity index (χ3n) is 4.12. The summed E-state index contributed by atoms with van der Waals surface area (Å²) in [5.41, 5.74) is 0.942. The second kappa shape index (κ2) is 11.5. The molecule has 3 N–H and O–H groups in total. The lowest BCUT2D eigenvalue weighted by molar-refractivity contribution is -0.118. The minimum absolute atomic E-state index is 0.170. The lowest BCUT2D eigenvalue weighted by atomic mass is 10.2. The van der Waals surface area contributed by atoms with Gasteiger partial charge < -0.3 is 20.7 Å². The van der Waals surface area contributed by atoms with E-state index in [0.29, 0.717) is 45.0 Å². The Morgan fingerprint density at radius 3 is 2.28 bits per heavy atom. The lowest BCUT2D eigenvalue weighted by Gasteiger charge is -2.10. The van der Waals surface area contributed by atoms with Gasteiger partial charge in [-0.2, -0.15) is 0 Å². The van der Waals surface area contributed by atoms with Gasteiger partial charge in [-0.15, -0.1) is 11.3 Å². The fraction of sp³-hybridized carbons (Fsp3) is 0.136. The summed E-state index contributed by atoms with van der Waals surface area (Å²) in [7, 11) is 0. The zero-order valence-electron chi connectivity index (χ0n) is 16.7. The summed E-state index contributed by atoms with van der Waals surface area (Å²) in [4.78, 5) is 36.8. The maximum absolute atomic E-state index is 12.2. The van der Waals surface area contributed by atoms with Gasteiger partial charge in [0, 0.05) is 29.4 Å². The number of halogens is 2. The van der Waals surface area contributed by atoms with Gasteiger partial charge in [0.1, 0.15) is 5.75 Å². The summed E-state index contributed by atoms with van der Waals surface area (Å²) < 4.78 is 5.39. The molecule has 1 aromatic heterocycles. The number of carbonyl (C=O) groups excluding carboxylic acids is 3. The van der Waals surface area contributed by atoms with Crippen LogP contribution < -0.4 is 20.7 Å². The highest BCUT2D eigenvalue weighted by Gasteiger charge is 2.10. The Balaban J connectivity index is 1.40. The molecule has 0 saturated heterocycles. The van der Waals surface area contributed by atoms with E-state index in [4.69, 9.17) is 27.9 Å². The first-order valence-corrected chi connectivity index (χ1v) is 11.1. The molecule has 0 aliphatic rings. The number of anilines is 1. The smallest absolute Gasteiger partial charge is 0.262 e. The van der Waals surface area contributed by atoms with Crippen molar-refractivity contribution >= 4 is 57.9 Å². The second-order valence-electron chi connectivity index (χ2n) is 6.48. The molecule has 0 aliphatic carbocycles. The molecule has 3 rings (SSSR count). The van der Waals surface area contributed by atoms with Gasteiger partial charge in [-0.1, -0.05) is 29.3 Å². The van der Waals surface area contributed by atoms with Crippen molar-refractivity contribution in [1.29, 1.82) is 0 Å². The Kier molecular flexibility index (Phi) is 8.49. The standard InChI is InChI=1S/C22H19Cl2N3O4S/c23-15-5-8-18(17(24)12-15)31-13-20(28)27-16-6-3-14(4-7-16)21(29)25-9-10-26-22(30)19-2-1-11-32-19/h1-8,11-12H,9-10,13H2,(H,25,29)(H,26,30)(H,27,28). The molecular formula is C22H19Cl2N3O4S. The molecule has 3 aromatic rings. The predicted octanol–water partition coefficient (Wildman–Crippen LogP) is 4.23. The first kappa shape index (κ1) is 23.6. The zero-order chi connectivity index (χ0) is 22.9. The van der Waals surface area contributed by atoms with Crippen LogP contribution in [0.25, 0.3) is 0 Å². The molecule has 3 amide bonds. The quantitative estimate of drug-likeness (QED) is 0.390. The molecule has 0 aliphatic heterocycles. The van der Waals surface area contributed by atoms with Gasteiger partial charge in [-0.3, -0.25) is 14.4 Å². The number of amides is 3. The third-order valence-corrected chi connectivity index (χ3v) is 5.52. The second-order valence-corrected chi connectivity index (χ2v) is 8.27. The van der Waals surface area contributed by atoms with Crippen molar-refractivity contribution in [2.24, 2.45) is 0 Å². The van der Waals surface area contributed by atoms with E-state index in [1.807, 2.05) is 5.38 Å². The molecule has 32 heavy (non-hydrogen) atoms. The first-order valence-electron chi connectivity index (χ1n) is 9.50. The van der Waals surface area contributed by atoms with Gasteiger partial charge in [0.15, 0.2) is 6.61 Å². The molecule has 166 valence electrons. The summed E-state index contributed by atoms with van der Waals surface area (Å²) in [6.07, 6.45) is 0. The highest BCUT2D eigenvalue weighted by atomic mass is 35.5. The Labute approximate surface area is 198 Å². The van der Waals surface area contributed by atoms with E-state index in [0.717, 1.165) is 0 Å². The molecule has 0 fully saturated rings. The summed E-state index contributed by atoms with van der Waals surface area (Å²) in [5.74, 6) is -0.481. The Morgan fingerprint density at radius 1 is 0.906 bits per heavy atom. The van der Waals surface area contributed by atoms with Gasteiger partial charge in [-0.25, -0.2) is 0 Å². The van der Waals surface area contributed by atoms with Crippen molar-refractivity contribution in [2.45, 2.75) is 0 Å². The van der Waals surface area contributed by atoms with Crippen LogP contribution in [0.15, 0.2) is 60.0 Å². The van der Waals surface area contributed by atoms with Gasteiger partial charge in [0.2, 0.25) is 0 Å². The Morgan fingerprint density at radius 2 is 1.62 bits per heavy atom. The topological polar surface area (TPSA) is 96.5 Å². The van der Waals surface area contributed by atoms with Gasteiger partial charge in [0.25, 0.3) is 17.7 Å². The van der Waals surface area contributed by atoms with Crippen molar-refractivity contribution in [3.63, 3.8) is 0 Å². The summed E-state index contributed by atoms with van der Waals surface area (Å²) in [6, 6.07) is 14.7. The average molecular weight is 492 g/mol. The van der Waals surface area contributed by atoms with Crippen LogP contribution in [0.4, 0.5) is 5.69 Å². The molecule has 7 nitrogen and oxygen atoms in total. The van der Waals surface area contributed by atoms with Gasteiger partial charge in [-0.05, 0) is 53.9 Å². The predicted molar refractivity (Wildman–Crippen MR) is 126 cm³/mol. The molecule has 0 spiro atoms. The summed E-state index contributed by atoms with van der Waals surface area (Å²) in [6.45, 7) is 0.369. The SMILES string of the molecule is O=C(COc1ccc(Cl)cc1Cl)Nc1ccc(C(=O)NCCNC(=O)c2cccs2)cc1. The van der Waals surface area contributed by atoms with Crippen LogP contribution in [0.1, 0.15) is 20.0 Å². The van der Waals surface area contributed by atoms with Crippen molar-refractivity contribution < 1.29 is 19.1 Å². The maximum Gasteiger partial charge on any atom is 0.262 e. The molecule has 0 bridgehead atoms. The van der Waals surface area contributed by atoms with Gasteiger partial charge >= 0.3 is 0 Å². The number of benzene rings is 2. The van der Waals surface area contributed by atoms with Gasteiger partial charge in [0.05, 0.1) is 9.90 Å². The Bertz CT molecular complexity index is 1090. The summed E-state index contributed by atoms with van der Waals surface area (Å²) in [5, 5.41) is 10.7. The van der Waals surface area contributed by atoms with Crippen LogP contribution in [0, 0.1) is 0 Å². The van der Waals surface area contributed by atoms with E-state index in [2.05, 4.69) is 16.0 Å². The van der Waals surface area contributed by atoms with E-state index >= 15 is 0 Å². The van der Waals surface area contributed by atoms with E-state index in [1.54, 1.807) is 48.5 Å². The van der Waals surface area contributed by atoms with Crippen molar-refractivity contribution in [1.82, 2.24) is 10.6 Å².